The largest absolute Gasteiger partial charge is 0.337 e. The summed E-state index contributed by atoms with van der Waals surface area (Å²) in [6.45, 7) is 3.86. The number of rotatable bonds is 4. The van der Waals surface area contributed by atoms with E-state index in [0.29, 0.717) is 6.54 Å². The summed E-state index contributed by atoms with van der Waals surface area (Å²) in [5, 5.41) is 13.2. The number of amides is 1. The molecule has 1 unspecified atom stereocenters. The second-order valence-corrected chi connectivity index (χ2v) is 6.34. The Labute approximate surface area is 127 Å². The Morgan fingerprint density at radius 1 is 1.57 bits per heavy atom. The van der Waals surface area contributed by atoms with Crippen molar-refractivity contribution >= 4 is 17.2 Å². The number of nitrogens with one attached hydrogen (secondary N) is 1. The van der Waals surface area contributed by atoms with Crippen LogP contribution in [0, 0.1) is 0 Å². The maximum atomic E-state index is 12.3. The molecule has 0 fully saturated rings. The van der Waals surface area contributed by atoms with E-state index in [1.807, 2.05) is 23.4 Å². The second-order valence-electron chi connectivity index (χ2n) is 5.34. The monoisotopic (exact) mass is 305 g/mol. The second kappa shape index (κ2) is 5.95. The molecule has 0 aromatic carbocycles. The summed E-state index contributed by atoms with van der Waals surface area (Å²) in [5.74, 6) is 0.974. The summed E-state index contributed by atoms with van der Waals surface area (Å²) in [7, 11) is 1.90. The van der Waals surface area contributed by atoms with Gasteiger partial charge in [0, 0.05) is 25.0 Å². The summed E-state index contributed by atoms with van der Waals surface area (Å²) >= 11 is 1.79. The van der Waals surface area contributed by atoms with Crippen molar-refractivity contribution in [1.29, 1.82) is 0 Å². The maximum Gasteiger partial charge on any atom is 0.236 e. The highest BCUT2D eigenvalue weighted by Crippen LogP contribution is 2.23. The Kier molecular flexibility index (Phi) is 4.03. The molecule has 0 spiro atoms. The van der Waals surface area contributed by atoms with Crippen LogP contribution in [0.25, 0.3) is 0 Å². The Morgan fingerprint density at radius 3 is 3.19 bits per heavy atom. The van der Waals surface area contributed by atoms with Gasteiger partial charge >= 0.3 is 0 Å². The van der Waals surface area contributed by atoms with E-state index in [-0.39, 0.29) is 11.9 Å². The van der Waals surface area contributed by atoms with E-state index in [2.05, 4.69) is 27.0 Å². The molecule has 0 radical (unpaired) electrons. The summed E-state index contributed by atoms with van der Waals surface area (Å²) in [6.07, 6.45) is 2.63. The number of hydrogen-bond donors (Lipinski definition) is 1. The lowest BCUT2D eigenvalue weighted by atomic mass is 10.1. The van der Waals surface area contributed by atoms with Crippen LogP contribution >= 0.6 is 11.3 Å². The van der Waals surface area contributed by atoms with E-state index in [1.54, 1.807) is 17.7 Å². The minimum atomic E-state index is 0.00273. The van der Waals surface area contributed by atoms with E-state index in [1.165, 1.54) is 10.4 Å². The molecule has 1 aliphatic rings. The fourth-order valence-corrected chi connectivity index (χ4v) is 3.48. The average Bonchev–Trinajstić information content (AvgIpc) is 3.11. The van der Waals surface area contributed by atoms with E-state index in [4.69, 9.17) is 0 Å². The van der Waals surface area contributed by atoms with Crippen molar-refractivity contribution in [3.05, 3.63) is 34.0 Å². The minimum Gasteiger partial charge on any atom is -0.337 e. The van der Waals surface area contributed by atoms with Gasteiger partial charge in [0.1, 0.15) is 12.2 Å². The summed E-state index contributed by atoms with van der Waals surface area (Å²) in [5.41, 5.74) is 1.29. The topological polar surface area (TPSA) is 63.1 Å². The maximum absolute atomic E-state index is 12.3. The Morgan fingerprint density at radius 2 is 2.43 bits per heavy atom. The molecular formula is C14H19N5OS. The van der Waals surface area contributed by atoms with Gasteiger partial charge in [-0.25, -0.2) is 0 Å². The zero-order chi connectivity index (χ0) is 14.8. The molecule has 1 atom stereocenters. The molecular weight excluding hydrogens is 286 g/mol. The van der Waals surface area contributed by atoms with Crippen molar-refractivity contribution in [3.8, 4) is 0 Å². The molecule has 1 amide bonds. The van der Waals surface area contributed by atoms with Gasteiger partial charge in [-0.05, 0) is 30.4 Å². The van der Waals surface area contributed by atoms with Crippen LogP contribution in [0.2, 0.25) is 0 Å². The highest BCUT2D eigenvalue weighted by molar-refractivity contribution is 7.10. The smallest absolute Gasteiger partial charge is 0.236 e. The number of nitrogens with zero attached hydrogens (tertiary/aromatic N) is 4. The fraction of sp³-hybridized carbons (Fsp3) is 0.500. The predicted molar refractivity (Wildman–Crippen MR) is 80.9 cm³/mol. The molecule has 1 N–H and O–H groups in total. The predicted octanol–water partition coefficient (Wildman–Crippen LogP) is 1.11. The van der Waals surface area contributed by atoms with Crippen LogP contribution in [0.4, 0.5) is 0 Å². The quantitative estimate of drug-likeness (QED) is 0.919. The molecule has 6 nitrogen and oxygen atoms in total. The summed E-state index contributed by atoms with van der Waals surface area (Å²) in [4.78, 5) is 15.7. The van der Waals surface area contributed by atoms with Crippen molar-refractivity contribution in [3.63, 3.8) is 0 Å². The fourth-order valence-electron chi connectivity index (χ4n) is 2.59. The van der Waals surface area contributed by atoms with E-state index < -0.39 is 0 Å². The highest BCUT2D eigenvalue weighted by atomic mass is 32.1. The third-order valence-corrected chi connectivity index (χ3v) is 4.88. The van der Waals surface area contributed by atoms with Gasteiger partial charge < -0.3 is 9.47 Å². The van der Waals surface area contributed by atoms with Gasteiger partial charge in [-0.2, -0.15) is 0 Å². The minimum absolute atomic E-state index is 0.00273. The lowest BCUT2D eigenvalue weighted by Crippen LogP contribution is -2.41. The number of hydrogen-bond acceptors (Lipinski definition) is 5. The van der Waals surface area contributed by atoms with Crippen LogP contribution in [0.1, 0.15) is 29.2 Å². The number of aromatic nitrogens is 3. The molecule has 0 aliphatic carbocycles. The standard InChI is InChI=1S/C14H19N5OS/c1-10(14-17-16-9-18(14)2)15-7-13(20)19-5-3-12-11(8-19)4-6-21-12/h4,6,9-10,15H,3,5,7-8H2,1-2H3. The van der Waals surface area contributed by atoms with Gasteiger partial charge in [0.25, 0.3) is 0 Å². The zero-order valence-electron chi connectivity index (χ0n) is 12.2. The van der Waals surface area contributed by atoms with Crippen molar-refractivity contribution in [2.75, 3.05) is 13.1 Å². The van der Waals surface area contributed by atoms with Crippen LogP contribution in [0.3, 0.4) is 0 Å². The SMILES string of the molecule is CC(NCC(=O)N1CCc2sccc2C1)c1nncn1C. The zero-order valence-corrected chi connectivity index (χ0v) is 13.1. The molecule has 1 aliphatic heterocycles. The van der Waals surface area contributed by atoms with Gasteiger partial charge in [0.05, 0.1) is 12.6 Å². The van der Waals surface area contributed by atoms with Gasteiger partial charge in [-0.3, -0.25) is 10.1 Å². The highest BCUT2D eigenvalue weighted by Gasteiger charge is 2.22. The van der Waals surface area contributed by atoms with E-state index >= 15 is 0 Å². The third-order valence-electron chi connectivity index (χ3n) is 3.85. The molecule has 3 heterocycles. The van der Waals surface area contributed by atoms with Gasteiger partial charge in [-0.1, -0.05) is 0 Å². The van der Waals surface area contributed by atoms with Crippen LogP contribution in [-0.2, 0) is 24.8 Å². The Hall–Kier alpha value is -1.73. The van der Waals surface area contributed by atoms with Crippen molar-refractivity contribution in [1.82, 2.24) is 25.0 Å². The molecule has 21 heavy (non-hydrogen) atoms. The van der Waals surface area contributed by atoms with Crippen molar-refractivity contribution in [2.45, 2.75) is 25.9 Å². The average molecular weight is 305 g/mol. The first kappa shape index (κ1) is 14.2. The molecule has 7 heteroatoms. The van der Waals surface area contributed by atoms with Crippen LogP contribution in [-0.4, -0.2) is 38.7 Å². The van der Waals surface area contributed by atoms with Crippen LogP contribution in [0.5, 0.6) is 0 Å². The molecule has 112 valence electrons. The van der Waals surface area contributed by atoms with Crippen LogP contribution < -0.4 is 5.32 Å². The molecule has 0 bridgehead atoms. The Balaban J connectivity index is 1.54. The molecule has 2 aromatic rings. The van der Waals surface area contributed by atoms with E-state index in [0.717, 1.165) is 25.3 Å². The number of fused-ring (bicyclic) bond motifs is 1. The molecule has 0 saturated heterocycles. The number of carbonyl (C=O) groups excluding carboxylic acids is 1. The van der Waals surface area contributed by atoms with Gasteiger partial charge in [0.15, 0.2) is 0 Å². The lowest BCUT2D eigenvalue weighted by Gasteiger charge is -2.27. The van der Waals surface area contributed by atoms with Gasteiger partial charge in [-0.15, -0.1) is 21.5 Å². The number of carbonyl (C=O) groups is 1. The van der Waals surface area contributed by atoms with Crippen LogP contribution in [0.15, 0.2) is 17.8 Å². The molecule has 3 rings (SSSR count). The Bertz CT molecular complexity index is 635. The van der Waals surface area contributed by atoms with E-state index in [9.17, 15) is 4.79 Å². The number of thiophene rings is 1. The summed E-state index contributed by atoms with van der Waals surface area (Å²) in [6, 6.07) is 2.12. The third kappa shape index (κ3) is 2.98. The lowest BCUT2D eigenvalue weighted by molar-refractivity contribution is -0.131. The molecule has 2 aromatic heterocycles. The first-order chi connectivity index (χ1) is 10.1. The van der Waals surface area contributed by atoms with Gasteiger partial charge in [0.2, 0.25) is 5.91 Å². The normalized spacial score (nSPS) is 15.8. The van der Waals surface area contributed by atoms with Crippen molar-refractivity contribution in [2.24, 2.45) is 7.05 Å². The first-order valence-corrected chi connectivity index (χ1v) is 7.93. The number of aryl methyl sites for hydroxylation is 1. The first-order valence-electron chi connectivity index (χ1n) is 7.05. The van der Waals surface area contributed by atoms with Crippen molar-refractivity contribution < 1.29 is 4.79 Å². The molecule has 0 saturated carbocycles. The summed E-state index contributed by atoms with van der Waals surface area (Å²) < 4.78 is 1.86.